The highest BCUT2D eigenvalue weighted by Gasteiger charge is 2.28. The van der Waals surface area contributed by atoms with Gasteiger partial charge in [-0.05, 0) is 62.8 Å². The molecule has 0 fully saturated rings. The maximum atomic E-state index is 12.8. The van der Waals surface area contributed by atoms with E-state index in [0.29, 0.717) is 24.1 Å². The van der Waals surface area contributed by atoms with Crippen LogP contribution in [0.5, 0.6) is 0 Å². The molecule has 1 aromatic rings. The number of unbranched alkanes of at least 4 members (excludes halogenated alkanes) is 1. The molecule has 0 bridgehead atoms. The number of carbonyl (C=O) groups is 7. The van der Waals surface area contributed by atoms with Crippen LogP contribution in [0.3, 0.4) is 0 Å². The molecule has 256 valence electrons. The van der Waals surface area contributed by atoms with Gasteiger partial charge >= 0.3 is 11.9 Å². The van der Waals surface area contributed by atoms with Crippen molar-refractivity contribution >= 4 is 57.3 Å². The first kappa shape index (κ1) is 39.2. The van der Waals surface area contributed by atoms with Gasteiger partial charge in [0.15, 0.2) is 0 Å². The van der Waals surface area contributed by atoms with Gasteiger partial charge in [-0.15, -0.1) is 0 Å². The number of carboxylic acids is 2. The number of nitrogens with one attached hydrogen (secondary N) is 4. The largest absolute Gasteiger partial charge is 0.481 e. The number of nitrogen functional groups attached to an aromatic ring is 1. The summed E-state index contributed by atoms with van der Waals surface area (Å²) in [5, 5.41) is 27.6. The molecule has 19 heteroatoms. The minimum atomic E-state index is -4.57. The van der Waals surface area contributed by atoms with Crippen LogP contribution in [0.1, 0.15) is 68.1 Å². The van der Waals surface area contributed by atoms with Crippen LogP contribution >= 0.6 is 0 Å². The van der Waals surface area contributed by atoms with Gasteiger partial charge in [0, 0.05) is 37.1 Å². The van der Waals surface area contributed by atoms with E-state index in [9.17, 15) is 47.1 Å². The highest BCUT2D eigenvalue weighted by atomic mass is 32.2. The summed E-state index contributed by atoms with van der Waals surface area (Å²) in [7, 11) is -4.57. The van der Waals surface area contributed by atoms with E-state index >= 15 is 0 Å². The van der Waals surface area contributed by atoms with Crippen molar-refractivity contribution in [2.24, 2.45) is 5.73 Å². The van der Waals surface area contributed by atoms with E-state index in [1.807, 2.05) is 0 Å². The van der Waals surface area contributed by atoms with E-state index in [4.69, 9.17) is 21.1 Å². The third-order valence-electron chi connectivity index (χ3n) is 6.44. The second kappa shape index (κ2) is 19.6. The van der Waals surface area contributed by atoms with Crippen molar-refractivity contribution in [3.8, 4) is 0 Å². The summed E-state index contributed by atoms with van der Waals surface area (Å²) in [5.41, 5.74) is 11.9. The number of nitrogens with two attached hydrogens (primary N) is 2. The van der Waals surface area contributed by atoms with Gasteiger partial charge < -0.3 is 42.9 Å². The molecule has 18 nitrogen and oxygen atoms in total. The Kier molecular flexibility index (Phi) is 16.7. The normalized spacial score (nSPS) is 13.0. The molecule has 0 aliphatic rings. The molecule has 0 unspecified atom stereocenters. The maximum Gasteiger partial charge on any atom is 0.326 e. The number of aliphatic carboxylic acids is 2. The second-order valence-electron chi connectivity index (χ2n) is 10.3. The molecular formula is C27H40N6O12S. The zero-order valence-electron chi connectivity index (χ0n) is 24.9. The molecule has 0 heterocycles. The van der Waals surface area contributed by atoms with E-state index < -0.39 is 88.8 Å². The van der Waals surface area contributed by atoms with E-state index in [0.717, 1.165) is 0 Å². The summed E-state index contributed by atoms with van der Waals surface area (Å²) in [6.07, 6.45) is -1.38. The number of primary amides is 1. The van der Waals surface area contributed by atoms with Crippen LogP contribution < -0.4 is 32.7 Å². The Labute approximate surface area is 264 Å². The Balaban J connectivity index is 2.65. The summed E-state index contributed by atoms with van der Waals surface area (Å²) in [6.45, 7) is 0.274. The van der Waals surface area contributed by atoms with Gasteiger partial charge in [-0.1, -0.05) is 0 Å². The topological polar surface area (TPSA) is 314 Å². The summed E-state index contributed by atoms with van der Waals surface area (Å²) in [5.74, 6) is -7.53. The molecule has 0 aliphatic carbocycles. The van der Waals surface area contributed by atoms with Crippen LogP contribution in [0.2, 0.25) is 0 Å². The lowest BCUT2D eigenvalue weighted by Gasteiger charge is -2.21. The summed E-state index contributed by atoms with van der Waals surface area (Å²) < 4.78 is 31.4. The molecule has 0 aliphatic heterocycles. The van der Waals surface area contributed by atoms with Crippen LogP contribution in [0.15, 0.2) is 24.3 Å². The third kappa shape index (κ3) is 16.9. The predicted molar refractivity (Wildman–Crippen MR) is 161 cm³/mol. The van der Waals surface area contributed by atoms with Crippen molar-refractivity contribution < 1.29 is 56.7 Å². The average Bonchev–Trinajstić information content (AvgIpc) is 2.95. The number of rotatable bonds is 22. The molecule has 1 rings (SSSR count). The fourth-order valence-corrected chi connectivity index (χ4v) is 4.50. The van der Waals surface area contributed by atoms with Gasteiger partial charge in [-0.3, -0.25) is 33.3 Å². The summed E-state index contributed by atoms with van der Waals surface area (Å²) >= 11 is 0. The van der Waals surface area contributed by atoms with Crippen molar-refractivity contribution in [3.63, 3.8) is 0 Å². The first-order valence-corrected chi connectivity index (χ1v) is 15.8. The minimum Gasteiger partial charge on any atom is -0.481 e. The number of carbonyl (C=O) groups excluding carboxylic acids is 5. The highest BCUT2D eigenvalue weighted by molar-refractivity contribution is 7.85. The van der Waals surface area contributed by atoms with Gasteiger partial charge in [-0.25, -0.2) is 4.79 Å². The fourth-order valence-electron chi connectivity index (χ4n) is 3.97. The monoisotopic (exact) mass is 672 g/mol. The average molecular weight is 673 g/mol. The highest BCUT2D eigenvalue weighted by Crippen LogP contribution is 2.08. The lowest BCUT2D eigenvalue weighted by atomic mass is 10.1. The fraction of sp³-hybridized carbons (Fsp3) is 0.519. The van der Waals surface area contributed by atoms with Crippen molar-refractivity contribution in [1.82, 2.24) is 21.3 Å². The molecule has 5 amide bonds. The van der Waals surface area contributed by atoms with Crippen LogP contribution in [-0.2, 0) is 38.9 Å². The molecule has 0 saturated heterocycles. The van der Waals surface area contributed by atoms with Gasteiger partial charge in [0.1, 0.15) is 18.1 Å². The molecule has 3 atom stereocenters. The minimum absolute atomic E-state index is 0.0892. The Morgan fingerprint density at radius 1 is 0.739 bits per heavy atom. The molecule has 0 radical (unpaired) electrons. The predicted octanol–water partition coefficient (Wildman–Crippen LogP) is -1.49. The van der Waals surface area contributed by atoms with E-state index in [2.05, 4.69) is 21.3 Å². The van der Waals surface area contributed by atoms with E-state index in [1.165, 1.54) is 0 Å². The zero-order valence-corrected chi connectivity index (χ0v) is 25.7. The maximum absolute atomic E-state index is 12.8. The van der Waals surface area contributed by atoms with Gasteiger partial charge in [-0.2, -0.15) is 8.42 Å². The lowest BCUT2D eigenvalue weighted by molar-refractivity contribution is -0.142. The molecule has 0 saturated carbocycles. The zero-order chi connectivity index (χ0) is 34.9. The standard InChI is InChI=1S/C27H40N6O12S/c28-17-9-7-16(8-10-17)25(39)30-14-2-1-4-18(24(29)38)31-22(35)12-11-20(27(41)42)33-26(40)19(13-15-46(43,44)45)32-21(34)5-3-6-23(36)37/h7-10,18-20H,1-6,11-15,28H2,(H2,29,38)(H,30,39)(H,31,35)(H,32,34)(H,33,40)(H,36,37)(H,41,42)(H,43,44,45)/t18-,19-,20-/m0/s1. The molecule has 46 heavy (non-hydrogen) atoms. The number of hydrogen-bond acceptors (Lipinski definition) is 10. The second-order valence-corrected chi connectivity index (χ2v) is 11.8. The van der Waals surface area contributed by atoms with Crippen molar-refractivity contribution in [3.05, 3.63) is 29.8 Å². The third-order valence-corrected chi connectivity index (χ3v) is 7.19. The number of carboxylic acid groups (broad SMARTS) is 2. The van der Waals surface area contributed by atoms with Gasteiger partial charge in [0.2, 0.25) is 23.6 Å². The Bertz CT molecular complexity index is 1350. The molecular weight excluding hydrogens is 632 g/mol. The van der Waals surface area contributed by atoms with Crippen LogP contribution in [-0.4, -0.2) is 95.1 Å². The Morgan fingerprint density at radius 3 is 1.91 bits per heavy atom. The van der Waals surface area contributed by atoms with E-state index in [1.54, 1.807) is 24.3 Å². The first-order chi connectivity index (χ1) is 21.5. The van der Waals surface area contributed by atoms with Gasteiger partial charge in [0.05, 0.1) is 5.75 Å². The van der Waals surface area contributed by atoms with Crippen molar-refractivity contribution in [1.29, 1.82) is 0 Å². The Morgan fingerprint density at radius 2 is 1.35 bits per heavy atom. The smallest absolute Gasteiger partial charge is 0.326 e. The SMILES string of the molecule is NC(=O)[C@H](CCCCNC(=O)c1ccc(N)cc1)NC(=O)CC[C@H](NC(=O)[C@H](CCS(=O)(=O)O)NC(=O)CCCC(=O)O)C(=O)O. The van der Waals surface area contributed by atoms with Crippen LogP contribution in [0.25, 0.3) is 0 Å². The quantitative estimate of drug-likeness (QED) is 0.0385. The summed E-state index contributed by atoms with van der Waals surface area (Å²) in [6, 6.07) is 1.92. The first-order valence-electron chi connectivity index (χ1n) is 14.2. The van der Waals surface area contributed by atoms with E-state index in [-0.39, 0.29) is 38.1 Å². The molecule has 0 spiro atoms. The van der Waals surface area contributed by atoms with Crippen molar-refractivity contribution in [2.75, 3.05) is 18.0 Å². The van der Waals surface area contributed by atoms with Crippen LogP contribution in [0.4, 0.5) is 5.69 Å². The Hall–Kier alpha value is -4.78. The molecule has 0 aromatic heterocycles. The summed E-state index contributed by atoms with van der Waals surface area (Å²) in [4.78, 5) is 83.8. The van der Waals surface area contributed by atoms with Gasteiger partial charge in [0.25, 0.3) is 16.0 Å². The molecule has 1 aromatic carbocycles. The number of anilines is 1. The number of amides is 5. The van der Waals surface area contributed by atoms with Crippen molar-refractivity contribution in [2.45, 2.75) is 75.9 Å². The van der Waals surface area contributed by atoms with Crippen LogP contribution in [0, 0.1) is 0 Å². The number of benzene rings is 1. The number of hydrogen-bond donors (Lipinski definition) is 9. The molecule has 11 N–H and O–H groups in total. The lowest BCUT2D eigenvalue weighted by Crippen LogP contribution is -2.52.